The molecule has 0 aliphatic heterocycles. The maximum atomic E-state index is 9.27. The normalized spacial score (nSPS) is 24.8. The predicted molar refractivity (Wildman–Crippen MR) is 31.0 cm³/mol. The van der Waals surface area contributed by atoms with Crippen LogP contribution in [0, 0.1) is 0 Å². The van der Waals surface area contributed by atoms with E-state index in [4.69, 9.17) is 5.84 Å². The topological polar surface area (TPSA) is 58.3 Å². The molecule has 3 heteroatoms. The lowest BCUT2D eigenvalue weighted by Gasteiger charge is -2.35. The van der Waals surface area contributed by atoms with Crippen LogP contribution in [0.1, 0.15) is 19.3 Å². The lowest BCUT2D eigenvalue weighted by molar-refractivity contribution is -0.0311. The number of hydrogen-bond donors (Lipinski definition) is 3. The van der Waals surface area contributed by atoms with Gasteiger partial charge < -0.3 is 5.11 Å². The summed E-state index contributed by atoms with van der Waals surface area (Å²) in [6, 6.07) is 0. The first kappa shape index (κ1) is 6.01. The Kier molecular flexibility index (Phi) is 1.51. The van der Waals surface area contributed by atoms with E-state index in [1.165, 1.54) is 0 Å². The van der Waals surface area contributed by atoms with Gasteiger partial charge in [0.2, 0.25) is 0 Å². The largest absolute Gasteiger partial charge is 0.389 e. The smallest absolute Gasteiger partial charge is 0.0785 e. The van der Waals surface area contributed by atoms with Crippen LogP contribution in [0.4, 0.5) is 0 Å². The predicted octanol–water partition coefficient (Wildman–Crippen LogP) is -0.635. The van der Waals surface area contributed by atoms with E-state index in [0.29, 0.717) is 6.54 Å². The Bertz CT molecular complexity index is 80.5. The van der Waals surface area contributed by atoms with Crippen LogP contribution in [0.3, 0.4) is 0 Å². The highest BCUT2D eigenvalue weighted by molar-refractivity contribution is 4.88. The molecule has 1 rings (SSSR count). The molecule has 0 radical (unpaired) electrons. The second kappa shape index (κ2) is 2.01. The van der Waals surface area contributed by atoms with E-state index in [-0.39, 0.29) is 0 Å². The van der Waals surface area contributed by atoms with Crippen LogP contribution >= 0.6 is 0 Å². The number of rotatable bonds is 2. The van der Waals surface area contributed by atoms with Crippen LogP contribution in [0.2, 0.25) is 0 Å². The molecule has 0 unspecified atom stereocenters. The number of hydrogen-bond acceptors (Lipinski definition) is 3. The molecule has 8 heavy (non-hydrogen) atoms. The first-order valence-electron chi connectivity index (χ1n) is 2.93. The van der Waals surface area contributed by atoms with Gasteiger partial charge in [-0.05, 0) is 19.3 Å². The monoisotopic (exact) mass is 116 g/mol. The van der Waals surface area contributed by atoms with E-state index >= 15 is 0 Å². The van der Waals surface area contributed by atoms with Crippen molar-refractivity contribution in [1.29, 1.82) is 0 Å². The van der Waals surface area contributed by atoms with Gasteiger partial charge in [-0.1, -0.05) is 0 Å². The van der Waals surface area contributed by atoms with Crippen molar-refractivity contribution in [2.24, 2.45) is 5.84 Å². The van der Waals surface area contributed by atoms with Crippen molar-refractivity contribution in [3.8, 4) is 0 Å². The van der Waals surface area contributed by atoms with Crippen molar-refractivity contribution in [2.75, 3.05) is 6.54 Å². The highest BCUT2D eigenvalue weighted by Crippen LogP contribution is 2.30. The zero-order valence-electron chi connectivity index (χ0n) is 4.85. The minimum Gasteiger partial charge on any atom is -0.389 e. The lowest BCUT2D eigenvalue weighted by atomic mass is 9.80. The van der Waals surface area contributed by atoms with E-state index in [0.717, 1.165) is 19.3 Å². The molecule has 0 aromatic heterocycles. The lowest BCUT2D eigenvalue weighted by Crippen LogP contribution is -2.48. The molecule has 0 aromatic rings. The third kappa shape index (κ3) is 0.992. The van der Waals surface area contributed by atoms with Gasteiger partial charge in [0.25, 0.3) is 0 Å². The van der Waals surface area contributed by atoms with Gasteiger partial charge in [0, 0.05) is 6.54 Å². The quantitative estimate of drug-likeness (QED) is 0.332. The molecule has 0 bridgehead atoms. The number of hydrazine groups is 1. The van der Waals surface area contributed by atoms with Crippen LogP contribution in [0.25, 0.3) is 0 Å². The fraction of sp³-hybridized carbons (Fsp3) is 1.00. The van der Waals surface area contributed by atoms with Crippen molar-refractivity contribution in [3.63, 3.8) is 0 Å². The van der Waals surface area contributed by atoms with Crippen LogP contribution in [0.15, 0.2) is 0 Å². The van der Waals surface area contributed by atoms with Gasteiger partial charge in [-0.3, -0.25) is 11.3 Å². The summed E-state index contributed by atoms with van der Waals surface area (Å²) < 4.78 is 0. The van der Waals surface area contributed by atoms with Gasteiger partial charge in [0.1, 0.15) is 0 Å². The summed E-state index contributed by atoms with van der Waals surface area (Å²) in [5.41, 5.74) is 2.00. The van der Waals surface area contributed by atoms with Crippen LogP contribution < -0.4 is 11.3 Å². The summed E-state index contributed by atoms with van der Waals surface area (Å²) in [5.74, 6) is 5.01. The van der Waals surface area contributed by atoms with Crippen molar-refractivity contribution in [2.45, 2.75) is 24.9 Å². The Labute approximate surface area is 48.8 Å². The average Bonchev–Trinajstić information content (AvgIpc) is 1.64. The SMILES string of the molecule is NNCC1(O)CCC1. The van der Waals surface area contributed by atoms with Gasteiger partial charge >= 0.3 is 0 Å². The zero-order chi connectivity index (χ0) is 6.04. The van der Waals surface area contributed by atoms with Crippen LogP contribution in [0.5, 0.6) is 0 Å². The third-order valence-corrected chi connectivity index (χ3v) is 1.72. The fourth-order valence-electron chi connectivity index (χ4n) is 0.952. The van der Waals surface area contributed by atoms with Gasteiger partial charge in [0.05, 0.1) is 5.60 Å². The Morgan fingerprint density at radius 2 is 2.25 bits per heavy atom. The summed E-state index contributed by atoms with van der Waals surface area (Å²) in [4.78, 5) is 0. The molecule has 0 heterocycles. The highest BCUT2D eigenvalue weighted by Gasteiger charge is 2.33. The molecular weight excluding hydrogens is 104 g/mol. The Morgan fingerprint density at radius 3 is 2.38 bits per heavy atom. The fourth-order valence-corrected chi connectivity index (χ4v) is 0.952. The standard InChI is InChI=1S/C5H12N2O/c6-7-4-5(8)2-1-3-5/h7-8H,1-4,6H2. The number of nitrogens with two attached hydrogens (primary N) is 1. The van der Waals surface area contributed by atoms with E-state index < -0.39 is 5.60 Å². The first-order valence-corrected chi connectivity index (χ1v) is 2.93. The second-order valence-corrected chi connectivity index (χ2v) is 2.46. The Hall–Kier alpha value is -0.120. The number of aliphatic hydroxyl groups is 1. The van der Waals surface area contributed by atoms with Gasteiger partial charge in [-0.25, -0.2) is 0 Å². The molecule has 1 fully saturated rings. The molecule has 0 spiro atoms. The maximum absolute atomic E-state index is 9.27. The van der Waals surface area contributed by atoms with Crippen LogP contribution in [-0.2, 0) is 0 Å². The van der Waals surface area contributed by atoms with E-state index in [1.54, 1.807) is 0 Å². The molecule has 0 saturated heterocycles. The van der Waals surface area contributed by atoms with Crippen LogP contribution in [-0.4, -0.2) is 17.3 Å². The minimum absolute atomic E-state index is 0.464. The molecule has 0 aromatic carbocycles. The van der Waals surface area contributed by atoms with Gasteiger partial charge in [-0.2, -0.15) is 0 Å². The molecule has 0 amide bonds. The van der Waals surface area contributed by atoms with Crippen molar-refractivity contribution < 1.29 is 5.11 Å². The molecule has 0 atom stereocenters. The van der Waals surface area contributed by atoms with E-state index in [9.17, 15) is 5.11 Å². The van der Waals surface area contributed by atoms with Gasteiger partial charge in [0.15, 0.2) is 0 Å². The molecule has 1 aliphatic rings. The second-order valence-electron chi connectivity index (χ2n) is 2.46. The summed E-state index contributed by atoms with van der Waals surface area (Å²) in [6.07, 6.45) is 2.94. The van der Waals surface area contributed by atoms with Crippen molar-refractivity contribution >= 4 is 0 Å². The van der Waals surface area contributed by atoms with Crippen molar-refractivity contribution in [1.82, 2.24) is 5.43 Å². The molecule has 3 nitrogen and oxygen atoms in total. The minimum atomic E-state index is -0.464. The summed E-state index contributed by atoms with van der Waals surface area (Å²) in [7, 11) is 0. The molecular formula is C5H12N2O. The summed E-state index contributed by atoms with van der Waals surface area (Å²) in [6.45, 7) is 0.535. The highest BCUT2D eigenvalue weighted by atomic mass is 16.3. The van der Waals surface area contributed by atoms with E-state index in [1.807, 2.05) is 0 Å². The molecule has 48 valence electrons. The van der Waals surface area contributed by atoms with Crippen molar-refractivity contribution in [3.05, 3.63) is 0 Å². The number of nitrogens with one attached hydrogen (secondary N) is 1. The third-order valence-electron chi connectivity index (χ3n) is 1.72. The summed E-state index contributed by atoms with van der Waals surface area (Å²) >= 11 is 0. The Balaban J connectivity index is 2.20. The Morgan fingerprint density at radius 1 is 1.62 bits per heavy atom. The molecule has 4 N–H and O–H groups in total. The van der Waals surface area contributed by atoms with E-state index in [2.05, 4.69) is 5.43 Å². The van der Waals surface area contributed by atoms with Gasteiger partial charge in [-0.15, -0.1) is 0 Å². The molecule has 1 aliphatic carbocycles. The molecule has 1 saturated carbocycles. The first-order chi connectivity index (χ1) is 3.77. The maximum Gasteiger partial charge on any atom is 0.0785 e. The zero-order valence-corrected chi connectivity index (χ0v) is 4.85. The summed E-state index contributed by atoms with van der Waals surface area (Å²) in [5, 5.41) is 9.27. The average molecular weight is 116 g/mol.